The zero-order chi connectivity index (χ0) is 55.9. The predicted octanol–water partition coefficient (Wildman–Crippen LogP) is 9.80. The third kappa shape index (κ3) is 14.8. The van der Waals surface area contributed by atoms with Gasteiger partial charge >= 0.3 is 0 Å². The van der Waals surface area contributed by atoms with E-state index in [1.54, 1.807) is 72.1 Å². The molecule has 77 heavy (non-hydrogen) atoms. The van der Waals surface area contributed by atoms with Gasteiger partial charge in [-0.05, 0) is 73.2 Å². The molecule has 0 saturated heterocycles. The second-order valence-electron chi connectivity index (χ2n) is 23.1. The number of hydrogen-bond acceptors (Lipinski definition) is 12. The minimum Gasteiger partial charge on any atom is -0.394 e. The summed E-state index contributed by atoms with van der Waals surface area (Å²) in [5.74, 6) is -0.574. The SMILES string of the molecule is CC(C)C[C@@H](CO)NC(=O)c1cn(COCC[Si](C)(C)C)c2ncc(-c3nn(C)c4cc(F)ccc34)nc12.COC[C@H](CC(C)C)NC(=O)c1cn(COCC[Si](C)(C)C)c2ncc(-c3nn(C)c4cc(F)ccc34)nc12. The minimum absolute atomic E-state index is 0.139. The van der Waals surface area contributed by atoms with Gasteiger partial charge in [-0.2, -0.15) is 10.2 Å². The number of nitrogens with one attached hydrogen (secondary N) is 2. The Labute approximate surface area is 451 Å². The Kier molecular flexibility index (Phi) is 19.0. The van der Waals surface area contributed by atoms with Gasteiger partial charge in [0.25, 0.3) is 11.8 Å². The third-order valence-electron chi connectivity index (χ3n) is 13.0. The molecule has 0 aliphatic rings. The van der Waals surface area contributed by atoms with Gasteiger partial charge in [-0.25, -0.2) is 28.7 Å². The van der Waals surface area contributed by atoms with Crippen LogP contribution in [0.5, 0.6) is 0 Å². The molecule has 2 amide bonds. The van der Waals surface area contributed by atoms with Crippen LogP contribution in [0.4, 0.5) is 8.78 Å². The van der Waals surface area contributed by atoms with Crippen molar-refractivity contribution in [1.29, 1.82) is 0 Å². The number of halogens is 2. The van der Waals surface area contributed by atoms with Crippen LogP contribution in [-0.2, 0) is 41.8 Å². The predicted molar refractivity (Wildman–Crippen MR) is 303 cm³/mol. The first-order valence-corrected chi connectivity index (χ1v) is 33.7. The second kappa shape index (κ2) is 25.0. The van der Waals surface area contributed by atoms with Crippen LogP contribution in [0, 0.1) is 23.5 Å². The molecule has 0 fully saturated rings. The van der Waals surface area contributed by atoms with Gasteiger partial charge < -0.3 is 39.1 Å². The normalized spacial score (nSPS) is 13.1. The highest BCUT2D eigenvalue weighted by atomic mass is 28.3. The highest BCUT2D eigenvalue weighted by Crippen LogP contribution is 2.31. The molecule has 6 heterocycles. The molecule has 414 valence electrons. The number of nitrogens with zero attached hydrogens (tertiary/aromatic N) is 10. The molecule has 0 radical (unpaired) electrons. The van der Waals surface area contributed by atoms with Crippen LogP contribution in [-0.4, -0.2) is 127 Å². The van der Waals surface area contributed by atoms with Gasteiger partial charge in [-0.15, -0.1) is 0 Å². The largest absolute Gasteiger partial charge is 0.394 e. The molecule has 3 N–H and O–H groups in total. The van der Waals surface area contributed by atoms with Gasteiger partial charge in [0.15, 0.2) is 11.3 Å². The average molecular weight is 1100 g/mol. The Morgan fingerprint density at radius 1 is 0.662 bits per heavy atom. The summed E-state index contributed by atoms with van der Waals surface area (Å²) in [7, 11) is 2.64. The van der Waals surface area contributed by atoms with E-state index in [4.69, 9.17) is 24.2 Å². The number of hydrogen-bond donors (Lipinski definition) is 3. The van der Waals surface area contributed by atoms with Gasteiger partial charge in [0.2, 0.25) is 0 Å². The summed E-state index contributed by atoms with van der Waals surface area (Å²) >= 11 is 0. The fourth-order valence-corrected chi connectivity index (χ4v) is 10.5. The number of fused-ring (bicyclic) bond motifs is 4. The standard InChI is InChI=1S/C28H39FN6O3Si.C27H37FN6O3Si/c1-18(2)12-20(16-37-4)31-28(36)22-15-35(17-38-10-11-39(5,6)7)27-26(22)32-23(14-30-27)25-21-9-8-19(29)13-24(21)34(3)33-25;1-17(2)11-19(15-35)30-27(36)21-14-34(16-37-9-10-38(4,5)6)26-25(21)31-22(13-29-26)24-20-8-7-18(28)12-23(20)33(3)32-24/h8-9,13-15,18,20H,10-12,16-17H2,1-7H3,(H,31,36);7-8,12-14,17,19,35H,9-11,15-16H2,1-6H3,(H,30,36)/t20-;19-/m00/s1. The summed E-state index contributed by atoms with van der Waals surface area (Å²) in [4.78, 5) is 45.9. The molecule has 6 aromatic heterocycles. The van der Waals surface area contributed by atoms with Crippen molar-refractivity contribution >= 4 is 72.1 Å². The molecule has 0 aliphatic heterocycles. The smallest absolute Gasteiger partial charge is 0.255 e. The van der Waals surface area contributed by atoms with Crippen molar-refractivity contribution in [2.45, 2.75) is 117 Å². The summed E-state index contributed by atoms with van der Waals surface area (Å²) in [5, 5.41) is 26.5. The van der Waals surface area contributed by atoms with Gasteiger partial charge in [0.1, 0.15) is 58.9 Å². The third-order valence-corrected chi connectivity index (χ3v) is 16.4. The quantitative estimate of drug-likeness (QED) is 0.0405. The number of carbonyl (C=O) groups excluding carboxylic acids is 2. The van der Waals surface area contributed by atoms with Crippen LogP contribution in [0.3, 0.4) is 0 Å². The zero-order valence-corrected chi connectivity index (χ0v) is 48.9. The molecule has 0 aliphatic carbocycles. The van der Waals surface area contributed by atoms with E-state index in [-0.39, 0.29) is 55.6 Å². The number of methoxy groups -OCH3 is 1. The molecule has 0 bridgehead atoms. The molecule has 0 unspecified atom stereocenters. The summed E-state index contributed by atoms with van der Waals surface area (Å²) in [6.07, 6.45) is 8.14. The van der Waals surface area contributed by atoms with Crippen LogP contribution in [0.25, 0.3) is 66.9 Å². The van der Waals surface area contributed by atoms with Crippen LogP contribution in [0.1, 0.15) is 61.3 Å². The van der Waals surface area contributed by atoms with Crippen molar-refractivity contribution in [3.8, 4) is 22.8 Å². The lowest BCUT2D eigenvalue weighted by atomic mass is 10.0. The average Bonchev–Trinajstić information content (AvgIpc) is 4.15. The first kappa shape index (κ1) is 58.4. The zero-order valence-electron chi connectivity index (χ0n) is 46.9. The van der Waals surface area contributed by atoms with Crippen LogP contribution in [0.15, 0.2) is 61.2 Å². The van der Waals surface area contributed by atoms with Crippen LogP contribution in [0.2, 0.25) is 51.4 Å². The topological polar surface area (TPSA) is 203 Å². The Balaban J connectivity index is 0.000000224. The van der Waals surface area contributed by atoms with Crippen molar-refractivity contribution in [1.82, 2.24) is 59.3 Å². The molecule has 2 aromatic carbocycles. The number of aliphatic hydroxyl groups excluding tert-OH is 1. The first-order chi connectivity index (χ1) is 36.4. The van der Waals surface area contributed by atoms with E-state index in [1.165, 1.54) is 24.3 Å². The molecule has 22 heteroatoms. The maximum atomic E-state index is 13.9. The number of rotatable bonds is 23. The number of amides is 2. The molecule has 8 aromatic rings. The number of aryl methyl sites for hydroxylation is 2. The summed E-state index contributed by atoms with van der Waals surface area (Å²) in [6, 6.07) is 10.6. The van der Waals surface area contributed by atoms with Gasteiger partial charge in [0, 0.05) is 73.7 Å². The Bertz CT molecular complexity index is 3340. The summed E-state index contributed by atoms with van der Waals surface area (Å²) in [5.41, 5.74) is 6.07. The molecular weight excluding hydrogens is 1020 g/mol. The van der Waals surface area contributed by atoms with Crippen molar-refractivity contribution < 1.29 is 37.7 Å². The van der Waals surface area contributed by atoms with Gasteiger partial charge in [0.05, 0.1) is 59.9 Å². The van der Waals surface area contributed by atoms with E-state index >= 15 is 0 Å². The molecule has 18 nitrogen and oxygen atoms in total. The maximum absolute atomic E-state index is 13.9. The van der Waals surface area contributed by atoms with Gasteiger partial charge in [-0.1, -0.05) is 67.0 Å². The van der Waals surface area contributed by atoms with Crippen LogP contribution >= 0.6 is 0 Å². The number of benzene rings is 2. The molecule has 2 atom stereocenters. The van der Waals surface area contributed by atoms with Gasteiger partial charge in [-0.3, -0.25) is 19.0 Å². The van der Waals surface area contributed by atoms with Crippen molar-refractivity contribution in [3.05, 3.63) is 83.9 Å². The number of aromatic nitrogens is 10. The fraction of sp³-hybridized carbons (Fsp3) is 0.491. The minimum atomic E-state index is -1.25. The van der Waals surface area contributed by atoms with E-state index in [0.29, 0.717) is 105 Å². The first-order valence-electron chi connectivity index (χ1n) is 26.3. The lowest BCUT2D eigenvalue weighted by Crippen LogP contribution is -2.39. The monoisotopic (exact) mass is 1090 g/mol. The molecule has 0 saturated carbocycles. The lowest BCUT2D eigenvalue weighted by Gasteiger charge is -2.19. The fourth-order valence-electron chi connectivity index (χ4n) is 9.00. The maximum Gasteiger partial charge on any atom is 0.255 e. The lowest BCUT2D eigenvalue weighted by molar-refractivity contribution is 0.0867. The summed E-state index contributed by atoms with van der Waals surface area (Å²) in [6.45, 7) is 24.1. The Morgan fingerprint density at radius 2 is 1.08 bits per heavy atom. The van der Waals surface area contributed by atoms with E-state index in [9.17, 15) is 23.5 Å². The number of aliphatic hydroxyl groups is 1. The molecule has 0 spiro atoms. The number of ether oxygens (including phenoxy) is 3. The van der Waals surface area contributed by atoms with Crippen molar-refractivity contribution in [2.75, 3.05) is 33.5 Å². The second-order valence-corrected chi connectivity index (χ2v) is 34.3. The molecular formula is C55H76F2N12O6Si2. The highest BCUT2D eigenvalue weighted by molar-refractivity contribution is 6.76. The van der Waals surface area contributed by atoms with Crippen molar-refractivity contribution in [3.63, 3.8) is 0 Å². The van der Waals surface area contributed by atoms with E-state index < -0.39 is 16.1 Å². The Morgan fingerprint density at radius 3 is 1.47 bits per heavy atom. The van der Waals surface area contributed by atoms with E-state index in [1.807, 2.05) is 18.4 Å². The van der Waals surface area contributed by atoms with Crippen LogP contribution < -0.4 is 10.6 Å². The van der Waals surface area contributed by atoms with E-state index in [2.05, 4.69) is 83.9 Å². The van der Waals surface area contributed by atoms with Crippen molar-refractivity contribution in [2.24, 2.45) is 25.9 Å². The summed E-state index contributed by atoms with van der Waals surface area (Å²) < 4.78 is 51.8. The Hall–Kier alpha value is -6.31. The number of carbonyl (C=O) groups is 2. The van der Waals surface area contributed by atoms with E-state index in [0.717, 1.165) is 29.3 Å². The molecule has 8 rings (SSSR count). The highest BCUT2D eigenvalue weighted by Gasteiger charge is 2.26.